The molecule has 1 aromatic heterocycles. The van der Waals surface area contributed by atoms with E-state index >= 15 is 0 Å². The summed E-state index contributed by atoms with van der Waals surface area (Å²) in [7, 11) is 2.10. The van der Waals surface area contributed by atoms with Crippen molar-refractivity contribution in [2.24, 2.45) is 7.05 Å². The minimum Gasteiger partial charge on any atom is -0.396 e. The van der Waals surface area contributed by atoms with E-state index in [1.165, 1.54) is 17.2 Å². The summed E-state index contributed by atoms with van der Waals surface area (Å²) in [5.74, 6) is 1.29. The molecule has 14 heavy (non-hydrogen) atoms. The molecule has 0 fully saturated rings. The maximum absolute atomic E-state index is 8.73. The summed E-state index contributed by atoms with van der Waals surface area (Å²) in [5, 5.41) is 8.73. The van der Waals surface area contributed by atoms with E-state index in [1.54, 1.807) is 0 Å². The largest absolute Gasteiger partial charge is 0.396 e. The third-order valence-electron chi connectivity index (χ3n) is 3.10. The number of rotatable bonds is 4. The van der Waals surface area contributed by atoms with Gasteiger partial charge in [-0.1, -0.05) is 0 Å². The Morgan fingerprint density at radius 3 is 2.29 bits per heavy atom. The predicted molar refractivity (Wildman–Crippen MR) is 56.1 cm³/mol. The quantitative estimate of drug-likeness (QED) is 0.566. The average Bonchev–Trinajstić information content (AvgIpc) is 2.35. The van der Waals surface area contributed by atoms with Crippen LogP contribution >= 0.6 is 0 Å². The van der Waals surface area contributed by atoms with Crippen LogP contribution in [0.15, 0.2) is 0 Å². The van der Waals surface area contributed by atoms with E-state index in [4.69, 9.17) is 5.11 Å². The number of aliphatic hydroxyl groups is 1. The Kier molecular flexibility index (Phi) is 3.69. The molecule has 0 bridgehead atoms. The predicted octanol–water partition coefficient (Wildman–Crippen LogP) is 1.01. The van der Waals surface area contributed by atoms with E-state index in [0.717, 1.165) is 19.4 Å². The minimum absolute atomic E-state index is 0.296. The number of hydrogen-bond donors (Lipinski definition) is 1. The first-order valence-corrected chi connectivity index (χ1v) is 5.22. The van der Waals surface area contributed by atoms with Crippen molar-refractivity contribution < 1.29 is 9.67 Å². The molecule has 1 rings (SSSR count). The van der Waals surface area contributed by atoms with Gasteiger partial charge in [-0.05, 0) is 12.8 Å². The van der Waals surface area contributed by atoms with Gasteiger partial charge in [-0.3, -0.25) is 0 Å². The molecule has 80 valence electrons. The number of nitrogens with zero attached hydrogens (tertiary/aromatic N) is 2. The lowest BCUT2D eigenvalue weighted by Crippen LogP contribution is -2.33. The van der Waals surface area contributed by atoms with Crippen LogP contribution in [-0.2, 0) is 13.6 Å². The molecular formula is C11H21N2O+. The Morgan fingerprint density at radius 2 is 1.86 bits per heavy atom. The molecule has 0 spiro atoms. The molecule has 0 amide bonds. The molecule has 0 aromatic carbocycles. The zero-order chi connectivity index (χ0) is 10.7. The van der Waals surface area contributed by atoms with Crippen molar-refractivity contribution in [2.75, 3.05) is 6.61 Å². The van der Waals surface area contributed by atoms with Gasteiger partial charge in [0.2, 0.25) is 0 Å². The molecule has 0 aliphatic carbocycles. The number of aliphatic hydroxyl groups excluding tert-OH is 1. The van der Waals surface area contributed by atoms with Crippen LogP contribution in [-0.4, -0.2) is 16.3 Å². The van der Waals surface area contributed by atoms with Crippen LogP contribution in [0.4, 0.5) is 0 Å². The molecule has 0 atom stereocenters. The van der Waals surface area contributed by atoms with Crippen LogP contribution < -0.4 is 4.57 Å². The molecular weight excluding hydrogens is 176 g/mol. The summed E-state index contributed by atoms with van der Waals surface area (Å²) in [6.45, 7) is 7.75. The number of aromatic nitrogens is 2. The highest BCUT2D eigenvalue weighted by atomic mass is 16.2. The van der Waals surface area contributed by atoms with Crippen molar-refractivity contribution in [2.45, 2.75) is 40.2 Å². The van der Waals surface area contributed by atoms with Crippen LogP contribution in [0.2, 0.25) is 0 Å². The van der Waals surface area contributed by atoms with Crippen molar-refractivity contribution in [3.8, 4) is 0 Å². The summed E-state index contributed by atoms with van der Waals surface area (Å²) in [6, 6.07) is 0. The lowest BCUT2D eigenvalue weighted by molar-refractivity contribution is -0.683. The molecule has 1 N–H and O–H groups in total. The van der Waals surface area contributed by atoms with Crippen molar-refractivity contribution >= 4 is 0 Å². The fourth-order valence-corrected chi connectivity index (χ4v) is 1.82. The molecule has 1 heterocycles. The van der Waals surface area contributed by atoms with E-state index in [9.17, 15) is 0 Å². The van der Waals surface area contributed by atoms with E-state index in [-0.39, 0.29) is 0 Å². The van der Waals surface area contributed by atoms with Crippen LogP contribution in [0.25, 0.3) is 0 Å². The fourth-order valence-electron chi connectivity index (χ4n) is 1.82. The first kappa shape index (κ1) is 11.2. The Labute approximate surface area is 86.0 Å². The Hall–Kier alpha value is -0.830. The fraction of sp³-hybridized carbons (Fsp3) is 0.727. The molecule has 1 aromatic rings. The highest BCUT2D eigenvalue weighted by Gasteiger charge is 2.18. The zero-order valence-corrected chi connectivity index (χ0v) is 9.67. The Bertz CT molecular complexity index is 290. The maximum atomic E-state index is 8.73. The smallest absolute Gasteiger partial charge is 0.253 e. The third kappa shape index (κ3) is 1.98. The SMILES string of the molecule is Cc1c(C)[n+](C)c(C)n1CCCCO. The highest BCUT2D eigenvalue weighted by molar-refractivity contribution is 5.06. The maximum Gasteiger partial charge on any atom is 0.253 e. The second-order valence-corrected chi connectivity index (χ2v) is 3.86. The molecule has 0 aliphatic heterocycles. The van der Waals surface area contributed by atoms with Gasteiger partial charge >= 0.3 is 0 Å². The van der Waals surface area contributed by atoms with Gasteiger partial charge in [0.05, 0.1) is 13.6 Å². The van der Waals surface area contributed by atoms with Gasteiger partial charge in [0.15, 0.2) is 0 Å². The molecule has 0 radical (unpaired) electrons. The van der Waals surface area contributed by atoms with Crippen molar-refractivity contribution in [3.05, 3.63) is 17.2 Å². The van der Waals surface area contributed by atoms with E-state index in [0.29, 0.717) is 6.61 Å². The number of imidazole rings is 1. The first-order valence-electron chi connectivity index (χ1n) is 5.22. The topological polar surface area (TPSA) is 29.0 Å². The first-order chi connectivity index (χ1) is 6.59. The highest BCUT2D eigenvalue weighted by Crippen LogP contribution is 2.08. The molecule has 0 aliphatic rings. The van der Waals surface area contributed by atoms with Crippen molar-refractivity contribution in [1.29, 1.82) is 0 Å². The van der Waals surface area contributed by atoms with Gasteiger partial charge in [0.1, 0.15) is 11.4 Å². The van der Waals surface area contributed by atoms with Crippen LogP contribution in [0.1, 0.15) is 30.1 Å². The second-order valence-electron chi connectivity index (χ2n) is 3.86. The summed E-state index contributed by atoms with van der Waals surface area (Å²) in [5.41, 5.74) is 2.66. The van der Waals surface area contributed by atoms with Crippen LogP contribution in [0.3, 0.4) is 0 Å². The van der Waals surface area contributed by atoms with Gasteiger partial charge in [-0.15, -0.1) is 0 Å². The van der Waals surface area contributed by atoms with E-state index in [2.05, 4.69) is 37.0 Å². The minimum atomic E-state index is 0.296. The Morgan fingerprint density at radius 1 is 1.21 bits per heavy atom. The van der Waals surface area contributed by atoms with Gasteiger partial charge in [0.25, 0.3) is 5.82 Å². The monoisotopic (exact) mass is 197 g/mol. The average molecular weight is 197 g/mol. The van der Waals surface area contributed by atoms with Gasteiger partial charge in [0, 0.05) is 27.4 Å². The van der Waals surface area contributed by atoms with Crippen LogP contribution in [0.5, 0.6) is 0 Å². The van der Waals surface area contributed by atoms with Gasteiger partial charge < -0.3 is 5.11 Å². The van der Waals surface area contributed by atoms with Gasteiger partial charge in [-0.25, -0.2) is 9.13 Å². The van der Waals surface area contributed by atoms with Crippen molar-refractivity contribution in [3.63, 3.8) is 0 Å². The zero-order valence-electron chi connectivity index (χ0n) is 9.67. The van der Waals surface area contributed by atoms with Gasteiger partial charge in [-0.2, -0.15) is 0 Å². The third-order valence-corrected chi connectivity index (χ3v) is 3.10. The number of unbranched alkanes of at least 4 members (excludes halogenated alkanes) is 1. The van der Waals surface area contributed by atoms with Crippen LogP contribution in [0, 0.1) is 20.8 Å². The van der Waals surface area contributed by atoms with E-state index < -0.39 is 0 Å². The molecule has 0 saturated heterocycles. The lowest BCUT2D eigenvalue weighted by Gasteiger charge is -1.99. The summed E-state index contributed by atoms with van der Waals surface area (Å²) >= 11 is 0. The molecule has 3 nitrogen and oxygen atoms in total. The summed E-state index contributed by atoms with van der Waals surface area (Å²) in [4.78, 5) is 0. The summed E-state index contributed by atoms with van der Waals surface area (Å²) < 4.78 is 4.54. The van der Waals surface area contributed by atoms with E-state index in [1.807, 2.05) is 0 Å². The molecule has 0 unspecified atom stereocenters. The van der Waals surface area contributed by atoms with Crippen molar-refractivity contribution in [1.82, 2.24) is 4.57 Å². The number of hydrogen-bond acceptors (Lipinski definition) is 1. The second kappa shape index (κ2) is 4.60. The molecule has 3 heteroatoms. The summed E-state index contributed by atoms with van der Waals surface area (Å²) in [6.07, 6.45) is 1.94. The standard InChI is InChI=1S/C11H21N2O/c1-9-10(2)13(7-5-6-8-14)11(3)12(9)4/h14H,5-8H2,1-4H3/q+1. The molecule has 0 saturated carbocycles. The Balaban J connectivity index is 2.81. The lowest BCUT2D eigenvalue weighted by atomic mass is 10.3. The normalized spacial score (nSPS) is 10.9.